The van der Waals surface area contributed by atoms with Gasteiger partial charge in [0.2, 0.25) is 0 Å². The monoisotopic (exact) mass is 412 g/mol. The van der Waals surface area contributed by atoms with Crippen LogP contribution < -0.4 is 5.32 Å². The molecule has 0 rings (SSSR count). The van der Waals surface area contributed by atoms with E-state index in [1.54, 1.807) is 0 Å². The van der Waals surface area contributed by atoms with Crippen LogP contribution in [0.5, 0.6) is 0 Å². The summed E-state index contributed by atoms with van der Waals surface area (Å²) in [6, 6.07) is 0.0476. The highest BCUT2D eigenvalue weighted by atomic mass is 16.3. The molecule has 0 atom stereocenters. The predicted molar refractivity (Wildman–Crippen MR) is 127 cm³/mol. The molecule has 29 heavy (non-hydrogen) atoms. The minimum absolute atomic E-state index is 0.0476. The van der Waals surface area contributed by atoms with E-state index in [2.05, 4.69) is 12.2 Å². The molecule has 0 saturated heterocycles. The van der Waals surface area contributed by atoms with Gasteiger partial charge in [0, 0.05) is 26.2 Å². The first-order chi connectivity index (χ1) is 14.3. The lowest BCUT2D eigenvalue weighted by Gasteiger charge is -2.22. The van der Waals surface area contributed by atoms with Gasteiger partial charge in [-0.25, -0.2) is 4.79 Å². The molecule has 0 radical (unpaired) electrons. The summed E-state index contributed by atoms with van der Waals surface area (Å²) in [6.45, 7) is 6.72. The topological polar surface area (TPSA) is 52.6 Å². The third-order valence-electron chi connectivity index (χ3n) is 5.73. The molecule has 0 aromatic heterocycles. The zero-order valence-corrected chi connectivity index (χ0v) is 19.9. The van der Waals surface area contributed by atoms with Gasteiger partial charge in [0.25, 0.3) is 0 Å². The Morgan fingerprint density at radius 3 is 1.38 bits per heavy atom. The highest BCUT2D eigenvalue weighted by Crippen LogP contribution is 2.14. The standard InChI is InChI=1S/C25H52N2O2/c1-3-5-6-7-8-9-10-11-12-13-14-15-16-17-18-19-22-27(23-20-21-24-28)25(29)26-4-2/h28H,3-24H2,1-2H3,(H,26,29). The quantitative estimate of drug-likeness (QED) is 0.187. The molecule has 0 aliphatic carbocycles. The van der Waals surface area contributed by atoms with Gasteiger partial charge >= 0.3 is 6.03 Å². The number of unbranched alkanes of at least 4 members (excludes halogenated alkanes) is 16. The van der Waals surface area contributed by atoms with Gasteiger partial charge in [0.15, 0.2) is 0 Å². The van der Waals surface area contributed by atoms with Gasteiger partial charge in [-0.2, -0.15) is 0 Å². The largest absolute Gasteiger partial charge is 0.396 e. The Kier molecular flexibility index (Phi) is 22.9. The van der Waals surface area contributed by atoms with Crippen molar-refractivity contribution in [3.8, 4) is 0 Å². The number of hydrogen-bond donors (Lipinski definition) is 2. The molecule has 0 fully saturated rings. The fourth-order valence-corrected chi connectivity index (χ4v) is 3.84. The van der Waals surface area contributed by atoms with E-state index in [4.69, 9.17) is 5.11 Å². The van der Waals surface area contributed by atoms with E-state index in [1.165, 1.54) is 96.3 Å². The van der Waals surface area contributed by atoms with Crippen LogP contribution in [0.4, 0.5) is 4.79 Å². The zero-order valence-electron chi connectivity index (χ0n) is 19.9. The van der Waals surface area contributed by atoms with E-state index in [0.717, 1.165) is 32.4 Å². The number of urea groups is 1. The van der Waals surface area contributed by atoms with Crippen LogP contribution in [0.1, 0.15) is 129 Å². The smallest absolute Gasteiger partial charge is 0.317 e. The molecule has 0 bridgehead atoms. The number of amides is 2. The lowest BCUT2D eigenvalue weighted by molar-refractivity contribution is 0.193. The van der Waals surface area contributed by atoms with E-state index in [0.29, 0.717) is 6.54 Å². The number of aliphatic hydroxyl groups is 1. The van der Waals surface area contributed by atoms with E-state index >= 15 is 0 Å². The van der Waals surface area contributed by atoms with Gasteiger partial charge in [-0.15, -0.1) is 0 Å². The van der Waals surface area contributed by atoms with Crippen molar-refractivity contribution in [1.82, 2.24) is 10.2 Å². The summed E-state index contributed by atoms with van der Waals surface area (Å²) in [5.41, 5.74) is 0. The van der Waals surface area contributed by atoms with Gasteiger partial charge in [-0.3, -0.25) is 0 Å². The number of rotatable bonds is 22. The summed E-state index contributed by atoms with van der Waals surface area (Å²) >= 11 is 0. The first-order valence-electron chi connectivity index (χ1n) is 12.9. The third-order valence-corrected chi connectivity index (χ3v) is 5.73. The Hall–Kier alpha value is -0.770. The van der Waals surface area contributed by atoms with Crippen LogP contribution in [-0.4, -0.2) is 42.3 Å². The average Bonchev–Trinajstić information content (AvgIpc) is 2.72. The molecule has 0 aliphatic rings. The van der Waals surface area contributed by atoms with Crippen LogP contribution >= 0.6 is 0 Å². The average molecular weight is 413 g/mol. The van der Waals surface area contributed by atoms with Gasteiger partial charge in [0.05, 0.1) is 0 Å². The SMILES string of the molecule is CCCCCCCCCCCCCCCCCCN(CCCCO)C(=O)NCC. The van der Waals surface area contributed by atoms with E-state index in [1.807, 2.05) is 11.8 Å². The van der Waals surface area contributed by atoms with Crippen molar-refractivity contribution in [3.05, 3.63) is 0 Å². The molecule has 2 N–H and O–H groups in total. The first kappa shape index (κ1) is 28.2. The molecular formula is C25H52N2O2. The summed E-state index contributed by atoms with van der Waals surface area (Å²) in [5.74, 6) is 0. The third kappa shape index (κ3) is 20.3. The van der Waals surface area contributed by atoms with Crippen LogP contribution in [-0.2, 0) is 0 Å². The molecule has 0 aromatic carbocycles. The predicted octanol–water partition coefficient (Wildman–Crippen LogP) is 7.05. The number of carbonyl (C=O) groups is 1. The minimum Gasteiger partial charge on any atom is -0.396 e. The van der Waals surface area contributed by atoms with Crippen LogP contribution in [0.3, 0.4) is 0 Å². The zero-order chi connectivity index (χ0) is 21.4. The molecule has 0 saturated carbocycles. The Balaban J connectivity index is 3.43. The van der Waals surface area contributed by atoms with Crippen molar-refractivity contribution < 1.29 is 9.90 Å². The van der Waals surface area contributed by atoms with Gasteiger partial charge in [-0.05, 0) is 26.2 Å². The minimum atomic E-state index is 0.0476. The fraction of sp³-hybridized carbons (Fsp3) is 0.960. The van der Waals surface area contributed by atoms with Crippen molar-refractivity contribution in [2.24, 2.45) is 0 Å². The highest BCUT2D eigenvalue weighted by Gasteiger charge is 2.11. The normalized spacial score (nSPS) is 11.0. The molecule has 174 valence electrons. The maximum Gasteiger partial charge on any atom is 0.317 e. The lowest BCUT2D eigenvalue weighted by atomic mass is 10.0. The Morgan fingerprint density at radius 2 is 1.00 bits per heavy atom. The van der Waals surface area contributed by atoms with Gasteiger partial charge < -0.3 is 15.3 Å². The Morgan fingerprint density at radius 1 is 0.621 bits per heavy atom. The second-order valence-corrected chi connectivity index (χ2v) is 8.56. The van der Waals surface area contributed by atoms with E-state index in [-0.39, 0.29) is 12.6 Å². The van der Waals surface area contributed by atoms with Gasteiger partial charge in [0.1, 0.15) is 0 Å². The number of nitrogens with one attached hydrogen (secondary N) is 1. The molecule has 4 heteroatoms. The van der Waals surface area contributed by atoms with Crippen molar-refractivity contribution >= 4 is 6.03 Å². The lowest BCUT2D eigenvalue weighted by Crippen LogP contribution is -2.41. The summed E-state index contributed by atoms with van der Waals surface area (Å²) in [4.78, 5) is 14.0. The van der Waals surface area contributed by atoms with E-state index < -0.39 is 0 Å². The van der Waals surface area contributed by atoms with Crippen LogP contribution in [0.2, 0.25) is 0 Å². The molecule has 0 aliphatic heterocycles. The maximum absolute atomic E-state index is 12.1. The summed E-state index contributed by atoms with van der Waals surface area (Å²) in [5, 5.41) is 11.8. The molecule has 0 heterocycles. The second-order valence-electron chi connectivity index (χ2n) is 8.56. The van der Waals surface area contributed by atoms with Crippen LogP contribution in [0.25, 0.3) is 0 Å². The molecule has 4 nitrogen and oxygen atoms in total. The van der Waals surface area contributed by atoms with Crippen molar-refractivity contribution in [2.75, 3.05) is 26.2 Å². The number of hydrogen-bond acceptors (Lipinski definition) is 2. The first-order valence-corrected chi connectivity index (χ1v) is 12.9. The Bertz CT molecular complexity index is 337. The molecule has 0 spiro atoms. The molecule has 0 aromatic rings. The van der Waals surface area contributed by atoms with Crippen molar-refractivity contribution in [2.45, 2.75) is 129 Å². The van der Waals surface area contributed by atoms with Crippen LogP contribution in [0.15, 0.2) is 0 Å². The summed E-state index contributed by atoms with van der Waals surface area (Å²) in [7, 11) is 0. The second kappa shape index (κ2) is 23.5. The summed E-state index contributed by atoms with van der Waals surface area (Å²) in [6.07, 6.45) is 23.6. The van der Waals surface area contributed by atoms with Gasteiger partial charge in [-0.1, -0.05) is 103 Å². The Labute approximate surface area is 182 Å². The molecule has 0 unspecified atom stereocenters. The van der Waals surface area contributed by atoms with E-state index in [9.17, 15) is 4.79 Å². The molecule has 2 amide bonds. The number of carbonyl (C=O) groups excluding carboxylic acids is 1. The highest BCUT2D eigenvalue weighted by molar-refractivity contribution is 5.74. The van der Waals surface area contributed by atoms with Crippen LogP contribution in [0, 0.1) is 0 Å². The van der Waals surface area contributed by atoms with Crippen molar-refractivity contribution in [1.29, 1.82) is 0 Å². The summed E-state index contributed by atoms with van der Waals surface area (Å²) < 4.78 is 0. The molecular weight excluding hydrogens is 360 g/mol. The maximum atomic E-state index is 12.1. The number of aliphatic hydroxyl groups excluding tert-OH is 1. The number of nitrogens with zero attached hydrogens (tertiary/aromatic N) is 1. The van der Waals surface area contributed by atoms with Crippen molar-refractivity contribution in [3.63, 3.8) is 0 Å². The fourth-order valence-electron chi connectivity index (χ4n) is 3.84.